The average Bonchev–Trinajstić information content (AvgIpc) is 2.80. The molecule has 0 aliphatic carbocycles. The van der Waals surface area contributed by atoms with Gasteiger partial charge in [-0.2, -0.15) is 0 Å². The Labute approximate surface area is 202 Å². The summed E-state index contributed by atoms with van der Waals surface area (Å²) in [5.74, 6) is -1.79. The summed E-state index contributed by atoms with van der Waals surface area (Å²) in [7, 11) is 0. The summed E-state index contributed by atoms with van der Waals surface area (Å²) in [4.78, 5) is 30.7. The summed E-state index contributed by atoms with van der Waals surface area (Å²) >= 11 is 0. The number of aromatic carboxylic acids is 1. The molecule has 7 nitrogen and oxygen atoms in total. The Morgan fingerprint density at radius 3 is 2.42 bits per heavy atom. The molecule has 0 unspecified atom stereocenters. The van der Waals surface area contributed by atoms with Gasteiger partial charge in [0.2, 0.25) is 0 Å². The van der Waals surface area contributed by atoms with Gasteiger partial charge in [0.15, 0.2) is 0 Å². The number of carboxylic acids is 1. The molecule has 2 aromatic carbocycles. The van der Waals surface area contributed by atoms with Gasteiger partial charge in [-0.15, -0.1) is 0 Å². The van der Waals surface area contributed by atoms with E-state index < -0.39 is 11.9 Å². The summed E-state index contributed by atoms with van der Waals surface area (Å²) in [6.45, 7) is 2.59. The summed E-state index contributed by atoms with van der Waals surface area (Å²) in [5, 5.41) is 14.3. The van der Waals surface area contributed by atoms with Crippen molar-refractivity contribution >= 4 is 23.3 Å². The summed E-state index contributed by atoms with van der Waals surface area (Å²) in [5.41, 5.74) is 2.99. The first-order chi connectivity index (χ1) is 14.6. The van der Waals surface area contributed by atoms with Crippen LogP contribution in [0.4, 0.5) is 11.4 Å². The van der Waals surface area contributed by atoms with E-state index in [1.807, 2.05) is 30.3 Å². The molecule has 152 valence electrons. The smallest absolute Gasteiger partial charge is 0.545 e. The molecular formula is C23H20N3NaO4. The zero-order chi connectivity index (χ0) is 20.9. The second-order valence-electron chi connectivity index (χ2n) is 6.90. The third-order valence-corrected chi connectivity index (χ3v) is 4.96. The third kappa shape index (κ3) is 5.51. The molecule has 0 saturated carbocycles. The van der Waals surface area contributed by atoms with Gasteiger partial charge < -0.3 is 24.9 Å². The van der Waals surface area contributed by atoms with E-state index in [4.69, 9.17) is 4.74 Å². The first-order valence-corrected chi connectivity index (χ1v) is 9.62. The third-order valence-electron chi connectivity index (χ3n) is 4.96. The molecule has 31 heavy (non-hydrogen) atoms. The molecule has 0 atom stereocenters. The first kappa shape index (κ1) is 23.0. The van der Waals surface area contributed by atoms with Crippen LogP contribution >= 0.6 is 0 Å². The van der Waals surface area contributed by atoms with Gasteiger partial charge in [0.05, 0.1) is 30.4 Å². The number of nitrogens with zero attached hydrogens (tertiary/aromatic N) is 2. The Kier molecular flexibility index (Phi) is 7.81. The number of rotatable bonds is 5. The van der Waals surface area contributed by atoms with E-state index in [0.717, 1.165) is 16.8 Å². The van der Waals surface area contributed by atoms with Crippen molar-refractivity contribution < 1.29 is 49.0 Å². The van der Waals surface area contributed by atoms with Gasteiger partial charge >= 0.3 is 29.6 Å². The van der Waals surface area contributed by atoms with Gasteiger partial charge in [0.25, 0.3) is 5.91 Å². The number of pyridine rings is 1. The summed E-state index contributed by atoms with van der Waals surface area (Å²) in [6, 6.07) is 16.1. The molecular weight excluding hydrogens is 405 g/mol. The van der Waals surface area contributed by atoms with Crippen LogP contribution in [0.5, 0.6) is 0 Å². The van der Waals surface area contributed by atoms with Crippen molar-refractivity contribution in [3.63, 3.8) is 0 Å². The molecule has 1 fully saturated rings. The van der Waals surface area contributed by atoms with Crippen molar-refractivity contribution in [2.75, 3.05) is 36.5 Å². The Balaban J connectivity index is 0.00000272. The van der Waals surface area contributed by atoms with E-state index in [1.54, 1.807) is 24.4 Å². The Morgan fingerprint density at radius 1 is 0.968 bits per heavy atom. The monoisotopic (exact) mass is 425 g/mol. The number of carbonyl (C=O) groups is 2. The second-order valence-corrected chi connectivity index (χ2v) is 6.90. The van der Waals surface area contributed by atoms with E-state index in [-0.39, 0.29) is 40.8 Å². The van der Waals surface area contributed by atoms with Crippen LogP contribution in [0.1, 0.15) is 20.7 Å². The van der Waals surface area contributed by atoms with Gasteiger partial charge in [0, 0.05) is 42.3 Å². The van der Waals surface area contributed by atoms with Gasteiger partial charge in [0.1, 0.15) is 0 Å². The van der Waals surface area contributed by atoms with Crippen LogP contribution in [-0.4, -0.2) is 43.2 Å². The van der Waals surface area contributed by atoms with Crippen LogP contribution in [-0.2, 0) is 4.74 Å². The van der Waals surface area contributed by atoms with E-state index in [0.29, 0.717) is 31.9 Å². The molecule has 1 aliphatic rings. The number of carbonyl (C=O) groups excluding carboxylic acids is 2. The predicted octanol–water partition coefficient (Wildman–Crippen LogP) is -0.795. The minimum absolute atomic E-state index is 0. The van der Waals surface area contributed by atoms with Gasteiger partial charge in [-0.25, -0.2) is 0 Å². The van der Waals surface area contributed by atoms with E-state index in [2.05, 4.69) is 15.2 Å². The number of aromatic nitrogens is 1. The summed E-state index contributed by atoms with van der Waals surface area (Å²) < 4.78 is 5.36. The number of anilines is 2. The fourth-order valence-electron chi connectivity index (χ4n) is 3.38. The van der Waals surface area contributed by atoms with Crippen molar-refractivity contribution in [1.29, 1.82) is 0 Å². The fraction of sp³-hybridized carbons (Fsp3) is 0.174. The second kappa shape index (κ2) is 10.5. The minimum Gasteiger partial charge on any atom is -0.545 e. The number of benzene rings is 2. The molecule has 1 N–H and O–H groups in total. The number of hydrogen-bond acceptors (Lipinski definition) is 6. The van der Waals surface area contributed by atoms with Crippen LogP contribution < -0.4 is 44.9 Å². The average molecular weight is 425 g/mol. The topological polar surface area (TPSA) is 94.6 Å². The van der Waals surface area contributed by atoms with E-state index in [1.165, 1.54) is 12.3 Å². The van der Waals surface area contributed by atoms with Crippen LogP contribution in [0.15, 0.2) is 67.0 Å². The van der Waals surface area contributed by atoms with Crippen LogP contribution in [0.2, 0.25) is 0 Å². The van der Waals surface area contributed by atoms with Crippen LogP contribution in [0.3, 0.4) is 0 Å². The van der Waals surface area contributed by atoms with Gasteiger partial charge in [-0.1, -0.05) is 30.3 Å². The zero-order valence-electron chi connectivity index (χ0n) is 17.2. The van der Waals surface area contributed by atoms with Gasteiger partial charge in [-0.3, -0.25) is 9.78 Å². The molecule has 0 spiro atoms. The summed E-state index contributed by atoms with van der Waals surface area (Å²) in [6.07, 6.45) is 3.13. The molecule has 0 radical (unpaired) electrons. The molecule has 1 aromatic heterocycles. The van der Waals surface area contributed by atoms with Gasteiger partial charge in [-0.05, 0) is 29.8 Å². The number of morpholine rings is 1. The minimum atomic E-state index is -1.35. The maximum absolute atomic E-state index is 12.9. The fourth-order valence-corrected chi connectivity index (χ4v) is 3.38. The van der Waals surface area contributed by atoms with Crippen molar-refractivity contribution in [2.24, 2.45) is 0 Å². The molecule has 2 heterocycles. The zero-order valence-corrected chi connectivity index (χ0v) is 19.2. The Hall–Kier alpha value is -2.71. The van der Waals surface area contributed by atoms with E-state index >= 15 is 0 Å². The predicted molar refractivity (Wildman–Crippen MR) is 111 cm³/mol. The molecule has 1 aliphatic heterocycles. The number of carboxylic acid groups (broad SMARTS) is 1. The largest absolute Gasteiger partial charge is 1.00 e. The standard InChI is InChI=1S/C23H21N3O4.Na/c27-22(18-12-17(14-24-15-18)16-4-2-1-3-5-16)25-21-13-19(6-7-20(21)23(28)29)26-8-10-30-11-9-26;/h1-7,12-15H,8-11H2,(H,25,27)(H,28,29);/q;+1/p-1. The maximum Gasteiger partial charge on any atom is 1.00 e. The molecule has 3 aromatic rings. The van der Waals surface area contributed by atoms with Crippen molar-refractivity contribution in [2.45, 2.75) is 0 Å². The van der Waals surface area contributed by atoms with Crippen molar-refractivity contribution in [1.82, 2.24) is 4.98 Å². The Bertz CT molecular complexity index is 1070. The van der Waals surface area contributed by atoms with E-state index in [9.17, 15) is 14.7 Å². The number of hydrogen-bond donors (Lipinski definition) is 1. The quantitative estimate of drug-likeness (QED) is 0.539. The molecule has 1 saturated heterocycles. The van der Waals surface area contributed by atoms with Crippen molar-refractivity contribution in [3.8, 4) is 11.1 Å². The number of amides is 1. The molecule has 4 rings (SSSR count). The Morgan fingerprint density at radius 2 is 1.71 bits per heavy atom. The van der Waals surface area contributed by atoms with Crippen molar-refractivity contribution in [3.05, 3.63) is 78.1 Å². The first-order valence-electron chi connectivity index (χ1n) is 9.62. The molecule has 0 bridgehead atoms. The SMILES string of the molecule is O=C(Nc1cc(N2CCOCC2)ccc1C(=O)[O-])c1cncc(-c2ccccc2)c1.[Na+]. The maximum atomic E-state index is 12.9. The number of nitrogens with one attached hydrogen (secondary N) is 1. The van der Waals surface area contributed by atoms with Crippen LogP contribution in [0.25, 0.3) is 11.1 Å². The van der Waals surface area contributed by atoms with Crippen LogP contribution in [0, 0.1) is 0 Å². The number of ether oxygens (including phenoxy) is 1. The molecule has 8 heteroatoms. The normalized spacial score (nSPS) is 13.2. The molecule has 1 amide bonds.